The van der Waals surface area contributed by atoms with Crippen LogP contribution < -0.4 is 10.1 Å². The number of anilines is 1. The Morgan fingerprint density at radius 1 is 1.24 bits per heavy atom. The molecule has 3 heteroatoms. The first-order valence-corrected chi connectivity index (χ1v) is 7.58. The smallest absolute Gasteiger partial charge is 0.119 e. The zero-order chi connectivity index (χ0) is 11.9. The van der Waals surface area contributed by atoms with Crippen LogP contribution in [0, 0.1) is 0 Å². The Morgan fingerprint density at radius 2 is 2.18 bits per heavy atom. The van der Waals surface area contributed by atoms with Crippen molar-refractivity contribution >= 4 is 21.6 Å². The van der Waals surface area contributed by atoms with E-state index >= 15 is 0 Å². The minimum atomic E-state index is 0.833. The quantitative estimate of drug-likeness (QED) is 0.633. The van der Waals surface area contributed by atoms with Crippen LogP contribution in [0.15, 0.2) is 18.2 Å². The van der Waals surface area contributed by atoms with Gasteiger partial charge in [0, 0.05) is 17.6 Å². The molecule has 1 heterocycles. The first-order chi connectivity index (χ1) is 8.40. The average molecular weight is 298 g/mol. The number of hydrogen-bond donors (Lipinski definition) is 1. The van der Waals surface area contributed by atoms with E-state index in [1.807, 2.05) is 0 Å². The molecule has 1 aromatic rings. The molecule has 1 aromatic carbocycles. The van der Waals surface area contributed by atoms with Gasteiger partial charge < -0.3 is 10.1 Å². The standard InChI is InChI=1S/C14H20BrNO/c15-8-2-1-3-10-17-13-6-7-14-12(11-13)5-4-9-16-14/h6-7,11,16H,1-5,8-10H2. The highest BCUT2D eigenvalue weighted by molar-refractivity contribution is 9.09. The molecule has 1 N–H and O–H groups in total. The fraction of sp³-hybridized carbons (Fsp3) is 0.571. The van der Waals surface area contributed by atoms with Crippen molar-refractivity contribution in [3.05, 3.63) is 23.8 Å². The van der Waals surface area contributed by atoms with Crippen molar-refractivity contribution in [2.45, 2.75) is 32.1 Å². The van der Waals surface area contributed by atoms with E-state index < -0.39 is 0 Å². The van der Waals surface area contributed by atoms with Crippen molar-refractivity contribution in [2.24, 2.45) is 0 Å². The highest BCUT2D eigenvalue weighted by atomic mass is 79.9. The van der Waals surface area contributed by atoms with E-state index in [-0.39, 0.29) is 0 Å². The van der Waals surface area contributed by atoms with E-state index in [2.05, 4.69) is 39.4 Å². The maximum absolute atomic E-state index is 5.78. The van der Waals surface area contributed by atoms with Crippen molar-refractivity contribution in [2.75, 3.05) is 23.8 Å². The fourth-order valence-corrected chi connectivity index (χ4v) is 2.50. The first kappa shape index (κ1) is 12.7. The van der Waals surface area contributed by atoms with Gasteiger partial charge in [0.2, 0.25) is 0 Å². The molecule has 0 saturated carbocycles. The number of benzene rings is 1. The minimum absolute atomic E-state index is 0.833. The lowest BCUT2D eigenvalue weighted by Gasteiger charge is -2.18. The Labute approximate surface area is 112 Å². The number of halogens is 1. The summed E-state index contributed by atoms with van der Waals surface area (Å²) in [4.78, 5) is 0. The van der Waals surface area contributed by atoms with E-state index in [0.29, 0.717) is 0 Å². The van der Waals surface area contributed by atoms with E-state index in [1.54, 1.807) is 0 Å². The molecule has 0 fully saturated rings. The molecule has 0 amide bonds. The van der Waals surface area contributed by atoms with Crippen LogP contribution in [-0.2, 0) is 6.42 Å². The van der Waals surface area contributed by atoms with Crippen molar-refractivity contribution in [1.29, 1.82) is 0 Å². The molecule has 17 heavy (non-hydrogen) atoms. The van der Waals surface area contributed by atoms with E-state index in [0.717, 1.165) is 30.7 Å². The lowest BCUT2D eigenvalue weighted by Crippen LogP contribution is -2.11. The molecular formula is C14H20BrNO. The van der Waals surface area contributed by atoms with Gasteiger partial charge in [0.05, 0.1) is 6.61 Å². The first-order valence-electron chi connectivity index (χ1n) is 6.46. The topological polar surface area (TPSA) is 21.3 Å². The Bertz CT molecular complexity index is 354. The fourth-order valence-electron chi connectivity index (χ4n) is 2.10. The zero-order valence-electron chi connectivity index (χ0n) is 10.2. The predicted molar refractivity (Wildman–Crippen MR) is 76.4 cm³/mol. The molecule has 0 bridgehead atoms. The third-order valence-corrected chi connectivity index (χ3v) is 3.62. The largest absolute Gasteiger partial charge is 0.494 e. The predicted octanol–water partition coefficient (Wildman–Crippen LogP) is 3.99. The molecule has 0 unspecified atom stereocenters. The van der Waals surface area contributed by atoms with Crippen LogP contribution in [0.1, 0.15) is 31.2 Å². The molecule has 0 aromatic heterocycles. The molecule has 0 atom stereocenters. The third-order valence-electron chi connectivity index (χ3n) is 3.06. The molecule has 1 aliphatic heterocycles. The average Bonchev–Trinajstić information content (AvgIpc) is 2.38. The van der Waals surface area contributed by atoms with E-state index in [9.17, 15) is 0 Å². The van der Waals surface area contributed by atoms with Gasteiger partial charge in [-0.25, -0.2) is 0 Å². The lowest BCUT2D eigenvalue weighted by atomic mass is 10.0. The molecular weight excluding hydrogens is 278 g/mol. The van der Waals surface area contributed by atoms with Gasteiger partial charge >= 0.3 is 0 Å². The summed E-state index contributed by atoms with van der Waals surface area (Å²) in [5.41, 5.74) is 2.68. The van der Waals surface area contributed by atoms with Crippen LogP contribution in [0.25, 0.3) is 0 Å². The van der Waals surface area contributed by atoms with Crippen molar-refractivity contribution in [1.82, 2.24) is 0 Å². The summed E-state index contributed by atoms with van der Waals surface area (Å²) in [6.45, 7) is 1.93. The van der Waals surface area contributed by atoms with Crippen LogP contribution in [-0.4, -0.2) is 18.5 Å². The molecule has 0 saturated heterocycles. The number of alkyl halides is 1. The van der Waals surface area contributed by atoms with Crippen LogP contribution in [0.3, 0.4) is 0 Å². The number of fused-ring (bicyclic) bond motifs is 1. The Balaban J connectivity index is 1.81. The third kappa shape index (κ3) is 3.91. The zero-order valence-corrected chi connectivity index (χ0v) is 11.8. The number of ether oxygens (including phenoxy) is 1. The normalized spacial score (nSPS) is 13.9. The second kappa shape index (κ2) is 6.90. The SMILES string of the molecule is BrCCCCCOc1ccc2c(c1)CCCN2. The Hall–Kier alpha value is -0.700. The maximum atomic E-state index is 5.78. The Morgan fingerprint density at radius 3 is 3.06 bits per heavy atom. The lowest BCUT2D eigenvalue weighted by molar-refractivity contribution is 0.306. The molecule has 0 aliphatic carbocycles. The van der Waals surface area contributed by atoms with E-state index in [4.69, 9.17) is 4.74 Å². The highest BCUT2D eigenvalue weighted by Gasteiger charge is 2.08. The van der Waals surface area contributed by atoms with Crippen molar-refractivity contribution in [3.63, 3.8) is 0 Å². The van der Waals surface area contributed by atoms with Gasteiger partial charge in [-0.05, 0) is 55.9 Å². The van der Waals surface area contributed by atoms with Gasteiger partial charge in [0.25, 0.3) is 0 Å². The maximum Gasteiger partial charge on any atom is 0.119 e. The summed E-state index contributed by atoms with van der Waals surface area (Å²) in [6.07, 6.45) is 6.00. The van der Waals surface area contributed by atoms with Gasteiger partial charge in [0.15, 0.2) is 0 Å². The van der Waals surface area contributed by atoms with Crippen LogP contribution in [0.5, 0.6) is 5.75 Å². The van der Waals surface area contributed by atoms with Crippen LogP contribution in [0.2, 0.25) is 0 Å². The monoisotopic (exact) mass is 297 g/mol. The summed E-state index contributed by atoms with van der Waals surface area (Å²) in [5.74, 6) is 1.02. The summed E-state index contributed by atoms with van der Waals surface area (Å²) in [5, 5.41) is 4.51. The van der Waals surface area contributed by atoms with Crippen LogP contribution in [0.4, 0.5) is 5.69 Å². The number of unbranched alkanes of at least 4 members (excludes halogenated alkanes) is 2. The molecule has 0 spiro atoms. The van der Waals surface area contributed by atoms with Crippen molar-refractivity contribution < 1.29 is 4.74 Å². The second-order valence-electron chi connectivity index (χ2n) is 4.45. The molecule has 1 aliphatic rings. The molecule has 94 valence electrons. The molecule has 2 nitrogen and oxygen atoms in total. The number of aryl methyl sites for hydroxylation is 1. The molecule has 2 rings (SSSR count). The van der Waals surface area contributed by atoms with Crippen molar-refractivity contribution in [3.8, 4) is 5.75 Å². The highest BCUT2D eigenvalue weighted by Crippen LogP contribution is 2.26. The number of nitrogens with one attached hydrogen (secondary N) is 1. The van der Waals surface area contributed by atoms with Gasteiger partial charge in [-0.3, -0.25) is 0 Å². The van der Waals surface area contributed by atoms with Crippen LogP contribution >= 0.6 is 15.9 Å². The number of hydrogen-bond acceptors (Lipinski definition) is 2. The van der Waals surface area contributed by atoms with E-state index in [1.165, 1.54) is 36.9 Å². The summed E-state index contributed by atoms with van der Waals surface area (Å²) >= 11 is 3.44. The summed E-state index contributed by atoms with van der Waals surface area (Å²) < 4.78 is 5.78. The van der Waals surface area contributed by atoms with Gasteiger partial charge in [-0.15, -0.1) is 0 Å². The summed E-state index contributed by atoms with van der Waals surface area (Å²) in [7, 11) is 0. The second-order valence-corrected chi connectivity index (χ2v) is 5.24. The number of rotatable bonds is 6. The molecule has 0 radical (unpaired) electrons. The summed E-state index contributed by atoms with van der Waals surface area (Å²) in [6, 6.07) is 6.40. The van der Waals surface area contributed by atoms with Gasteiger partial charge in [-0.2, -0.15) is 0 Å². The van der Waals surface area contributed by atoms with Gasteiger partial charge in [0.1, 0.15) is 5.75 Å². The Kier molecular flexibility index (Phi) is 5.17. The minimum Gasteiger partial charge on any atom is -0.494 e. The van der Waals surface area contributed by atoms with Gasteiger partial charge in [-0.1, -0.05) is 15.9 Å².